The highest BCUT2D eigenvalue weighted by Gasteiger charge is 1.94. The maximum Gasteiger partial charge on any atom is 0.0148 e. The Kier molecular flexibility index (Phi) is 1.12. The summed E-state index contributed by atoms with van der Waals surface area (Å²) in [6.07, 6.45) is 2.03. The normalized spacial score (nSPS) is 9.88. The van der Waals surface area contributed by atoms with Crippen LogP contribution in [0.3, 0.4) is 0 Å². The first-order valence-electron chi connectivity index (χ1n) is 2.83. The van der Waals surface area contributed by atoms with Crippen LogP contribution >= 0.6 is 0 Å². The zero-order valence-electron chi connectivity index (χ0n) is 5.58. The van der Waals surface area contributed by atoms with Gasteiger partial charge in [-0.1, -0.05) is 0 Å². The summed E-state index contributed by atoms with van der Waals surface area (Å²) in [6.45, 7) is 6.32. The van der Waals surface area contributed by atoms with Gasteiger partial charge in [0.15, 0.2) is 0 Å². The van der Waals surface area contributed by atoms with E-state index in [1.807, 2.05) is 6.20 Å². The Morgan fingerprint density at radius 1 is 1.25 bits per heavy atom. The van der Waals surface area contributed by atoms with Gasteiger partial charge in [-0.2, -0.15) is 0 Å². The number of aromatic amines is 1. The Hall–Kier alpha value is -0.720. The lowest BCUT2D eigenvalue weighted by atomic mass is 10.2. The molecule has 0 aliphatic heterocycles. The second-order valence-corrected chi connectivity index (χ2v) is 2.22. The van der Waals surface area contributed by atoms with Gasteiger partial charge in [-0.05, 0) is 31.9 Å². The fourth-order valence-electron chi connectivity index (χ4n) is 0.729. The van der Waals surface area contributed by atoms with Gasteiger partial charge >= 0.3 is 0 Å². The third-order valence-corrected chi connectivity index (χ3v) is 1.66. The van der Waals surface area contributed by atoms with Gasteiger partial charge in [0.25, 0.3) is 0 Å². The number of rotatable bonds is 0. The van der Waals surface area contributed by atoms with Crippen molar-refractivity contribution in [2.45, 2.75) is 20.8 Å². The van der Waals surface area contributed by atoms with E-state index in [9.17, 15) is 0 Å². The van der Waals surface area contributed by atoms with E-state index in [1.165, 1.54) is 16.8 Å². The molecule has 1 heteroatoms. The van der Waals surface area contributed by atoms with Gasteiger partial charge < -0.3 is 4.98 Å². The summed E-state index contributed by atoms with van der Waals surface area (Å²) in [7, 11) is 0. The molecule has 0 spiro atoms. The predicted octanol–water partition coefficient (Wildman–Crippen LogP) is 1.94. The van der Waals surface area contributed by atoms with Crippen molar-refractivity contribution in [3.05, 3.63) is 23.0 Å². The van der Waals surface area contributed by atoms with Gasteiger partial charge in [0.1, 0.15) is 0 Å². The molecule has 0 fully saturated rings. The molecule has 0 unspecified atom stereocenters. The molecule has 0 bridgehead atoms. The summed E-state index contributed by atoms with van der Waals surface area (Å²) in [4.78, 5) is 3.14. The lowest BCUT2D eigenvalue weighted by Gasteiger charge is -1.86. The monoisotopic (exact) mass is 109 g/mol. The summed E-state index contributed by atoms with van der Waals surface area (Å²) in [5.74, 6) is 0. The largest absolute Gasteiger partial charge is 0.365 e. The van der Waals surface area contributed by atoms with E-state index in [2.05, 4.69) is 25.8 Å². The Morgan fingerprint density at radius 3 is 2.00 bits per heavy atom. The van der Waals surface area contributed by atoms with Gasteiger partial charge in [0, 0.05) is 11.9 Å². The number of H-pyrrole nitrogens is 1. The predicted molar refractivity (Wildman–Crippen MR) is 35.0 cm³/mol. The Labute approximate surface area is 49.7 Å². The number of hydrogen-bond acceptors (Lipinski definition) is 0. The van der Waals surface area contributed by atoms with E-state index in [1.54, 1.807) is 0 Å². The highest BCUT2D eigenvalue weighted by atomic mass is 14.7. The van der Waals surface area contributed by atoms with Crippen molar-refractivity contribution in [1.82, 2.24) is 4.98 Å². The third kappa shape index (κ3) is 0.641. The molecule has 1 nitrogen and oxygen atoms in total. The van der Waals surface area contributed by atoms with Crippen LogP contribution in [0.15, 0.2) is 6.20 Å². The SMILES string of the molecule is Cc1c[nH]c(C)c1C. The summed E-state index contributed by atoms with van der Waals surface area (Å²) < 4.78 is 0. The van der Waals surface area contributed by atoms with Crippen molar-refractivity contribution in [1.29, 1.82) is 0 Å². The molecule has 0 saturated carbocycles. The lowest BCUT2D eigenvalue weighted by Crippen LogP contribution is -1.73. The maximum absolute atomic E-state index is 3.14. The molecule has 8 heavy (non-hydrogen) atoms. The van der Waals surface area contributed by atoms with Crippen LogP contribution in [0.5, 0.6) is 0 Å². The van der Waals surface area contributed by atoms with E-state index in [0.29, 0.717) is 0 Å². The van der Waals surface area contributed by atoms with E-state index in [0.717, 1.165) is 0 Å². The first-order valence-corrected chi connectivity index (χ1v) is 2.83. The molecule has 0 atom stereocenters. The van der Waals surface area contributed by atoms with Gasteiger partial charge in [0.2, 0.25) is 0 Å². The van der Waals surface area contributed by atoms with Gasteiger partial charge in [-0.15, -0.1) is 0 Å². The molecular formula is C7H11N. The third-order valence-electron chi connectivity index (χ3n) is 1.66. The van der Waals surface area contributed by atoms with Crippen molar-refractivity contribution in [2.75, 3.05) is 0 Å². The van der Waals surface area contributed by atoms with Crippen molar-refractivity contribution >= 4 is 0 Å². The molecule has 0 saturated heterocycles. The molecule has 0 aliphatic rings. The minimum atomic E-state index is 1.28. The van der Waals surface area contributed by atoms with E-state index in [4.69, 9.17) is 0 Å². The highest BCUT2D eigenvalue weighted by molar-refractivity contribution is 5.26. The fraction of sp³-hybridized carbons (Fsp3) is 0.429. The summed E-state index contributed by atoms with van der Waals surface area (Å²) in [5.41, 5.74) is 4.01. The highest BCUT2D eigenvalue weighted by Crippen LogP contribution is 2.08. The topological polar surface area (TPSA) is 15.8 Å². The molecule has 0 aromatic carbocycles. The average molecular weight is 109 g/mol. The summed E-state index contributed by atoms with van der Waals surface area (Å²) in [5, 5.41) is 0. The van der Waals surface area contributed by atoms with Gasteiger partial charge in [0.05, 0.1) is 0 Å². The number of aromatic nitrogens is 1. The number of hydrogen-bond donors (Lipinski definition) is 1. The van der Waals surface area contributed by atoms with Crippen LogP contribution < -0.4 is 0 Å². The number of nitrogens with one attached hydrogen (secondary N) is 1. The average Bonchev–Trinajstić information content (AvgIpc) is 1.98. The summed E-state index contributed by atoms with van der Waals surface area (Å²) >= 11 is 0. The molecule has 0 radical (unpaired) electrons. The second-order valence-electron chi connectivity index (χ2n) is 2.22. The standard InChI is InChI=1S/C7H11N/c1-5-4-8-7(3)6(5)2/h4,8H,1-3H3. The molecule has 1 heterocycles. The minimum Gasteiger partial charge on any atom is -0.365 e. The zero-order valence-corrected chi connectivity index (χ0v) is 5.58. The smallest absolute Gasteiger partial charge is 0.0148 e. The molecule has 1 aromatic heterocycles. The quantitative estimate of drug-likeness (QED) is 0.524. The van der Waals surface area contributed by atoms with Crippen LogP contribution in [0, 0.1) is 20.8 Å². The Bertz CT molecular complexity index is 167. The van der Waals surface area contributed by atoms with E-state index >= 15 is 0 Å². The van der Waals surface area contributed by atoms with Crippen LogP contribution in [0.2, 0.25) is 0 Å². The van der Waals surface area contributed by atoms with Crippen LogP contribution in [0.25, 0.3) is 0 Å². The van der Waals surface area contributed by atoms with Gasteiger partial charge in [-0.25, -0.2) is 0 Å². The molecule has 1 N–H and O–H groups in total. The lowest BCUT2D eigenvalue weighted by molar-refractivity contribution is 1.23. The van der Waals surface area contributed by atoms with Crippen LogP contribution in [-0.4, -0.2) is 4.98 Å². The van der Waals surface area contributed by atoms with Crippen LogP contribution in [-0.2, 0) is 0 Å². The van der Waals surface area contributed by atoms with E-state index in [-0.39, 0.29) is 0 Å². The van der Waals surface area contributed by atoms with E-state index < -0.39 is 0 Å². The maximum atomic E-state index is 3.14. The fourth-order valence-corrected chi connectivity index (χ4v) is 0.729. The van der Waals surface area contributed by atoms with Crippen molar-refractivity contribution in [3.8, 4) is 0 Å². The molecule has 1 aromatic rings. The van der Waals surface area contributed by atoms with Crippen molar-refractivity contribution in [2.24, 2.45) is 0 Å². The van der Waals surface area contributed by atoms with Crippen LogP contribution in [0.1, 0.15) is 16.8 Å². The van der Waals surface area contributed by atoms with Crippen molar-refractivity contribution < 1.29 is 0 Å². The van der Waals surface area contributed by atoms with Crippen LogP contribution in [0.4, 0.5) is 0 Å². The molecule has 0 amide bonds. The first kappa shape index (κ1) is 5.42. The first-order chi connectivity index (χ1) is 3.72. The minimum absolute atomic E-state index is 1.28. The molecular weight excluding hydrogens is 98.1 g/mol. The second kappa shape index (κ2) is 1.66. The number of aryl methyl sites for hydroxylation is 2. The molecule has 44 valence electrons. The summed E-state index contributed by atoms with van der Waals surface area (Å²) in [6, 6.07) is 0. The van der Waals surface area contributed by atoms with Gasteiger partial charge in [-0.3, -0.25) is 0 Å². The molecule has 1 rings (SSSR count). The van der Waals surface area contributed by atoms with Crippen molar-refractivity contribution in [3.63, 3.8) is 0 Å². The Morgan fingerprint density at radius 2 is 1.88 bits per heavy atom. The zero-order chi connectivity index (χ0) is 6.15. The molecule has 0 aliphatic carbocycles. The Balaban J connectivity index is 3.19.